The van der Waals surface area contributed by atoms with Gasteiger partial charge in [0.2, 0.25) is 5.91 Å². The molecular weight excluding hydrogens is 230 g/mol. The third-order valence-corrected chi connectivity index (χ3v) is 3.75. The first-order chi connectivity index (χ1) is 8.56. The van der Waals surface area contributed by atoms with Gasteiger partial charge in [-0.15, -0.1) is 0 Å². The number of nitrogens with one attached hydrogen (secondary N) is 1. The molecule has 1 aliphatic carbocycles. The van der Waals surface area contributed by atoms with Crippen LogP contribution in [0.4, 0.5) is 0 Å². The van der Waals surface area contributed by atoms with Gasteiger partial charge in [-0.1, -0.05) is 0 Å². The minimum absolute atomic E-state index is 0.0525. The number of hydrogen-bond acceptors (Lipinski definition) is 4. The fraction of sp³-hybridized carbons (Fsp3) is 0.923. The Morgan fingerprint density at radius 2 is 2.22 bits per heavy atom. The van der Waals surface area contributed by atoms with Gasteiger partial charge in [-0.2, -0.15) is 0 Å². The van der Waals surface area contributed by atoms with Gasteiger partial charge in [-0.3, -0.25) is 4.79 Å². The van der Waals surface area contributed by atoms with E-state index in [1.807, 2.05) is 0 Å². The predicted molar refractivity (Wildman–Crippen MR) is 72.3 cm³/mol. The minimum atomic E-state index is -0.168. The van der Waals surface area contributed by atoms with Gasteiger partial charge in [0, 0.05) is 25.7 Å². The molecule has 5 nitrogen and oxygen atoms in total. The van der Waals surface area contributed by atoms with E-state index >= 15 is 0 Å². The standard InChI is InChI=1S/C13H27N3O2/c1-16(2)11-6-4-5-10(7-11)15-13(17)8-12(9-14)18-3/h10-12H,4-9,14H2,1-3H3,(H,15,17). The van der Waals surface area contributed by atoms with Crippen LogP contribution in [0.25, 0.3) is 0 Å². The van der Waals surface area contributed by atoms with Crippen molar-refractivity contribution in [1.82, 2.24) is 10.2 Å². The Morgan fingerprint density at radius 3 is 2.78 bits per heavy atom. The molecule has 1 fully saturated rings. The first-order valence-electron chi connectivity index (χ1n) is 6.75. The van der Waals surface area contributed by atoms with Crippen LogP contribution < -0.4 is 11.1 Å². The summed E-state index contributed by atoms with van der Waals surface area (Å²) in [6.45, 7) is 0.384. The van der Waals surface area contributed by atoms with Crippen molar-refractivity contribution in [3.63, 3.8) is 0 Å². The maximum atomic E-state index is 11.9. The maximum Gasteiger partial charge on any atom is 0.222 e. The lowest BCUT2D eigenvalue weighted by Gasteiger charge is -2.33. The third-order valence-electron chi connectivity index (χ3n) is 3.75. The molecule has 0 radical (unpaired) electrons. The van der Waals surface area contributed by atoms with Crippen molar-refractivity contribution in [2.45, 2.75) is 50.3 Å². The first-order valence-corrected chi connectivity index (χ1v) is 6.75. The summed E-state index contributed by atoms with van der Waals surface area (Å²) in [7, 11) is 5.79. The number of ether oxygens (including phenoxy) is 1. The molecule has 0 aromatic carbocycles. The van der Waals surface area contributed by atoms with E-state index in [0.717, 1.165) is 12.8 Å². The van der Waals surface area contributed by atoms with Gasteiger partial charge >= 0.3 is 0 Å². The molecule has 106 valence electrons. The van der Waals surface area contributed by atoms with E-state index in [0.29, 0.717) is 25.0 Å². The molecule has 3 N–H and O–H groups in total. The second kappa shape index (κ2) is 7.71. The van der Waals surface area contributed by atoms with E-state index in [-0.39, 0.29) is 12.0 Å². The second-order valence-corrected chi connectivity index (χ2v) is 5.35. The fourth-order valence-electron chi connectivity index (χ4n) is 2.52. The third kappa shape index (κ3) is 4.92. The summed E-state index contributed by atoms with van der Waals surface area (Å²) in [6, 6.07) is 0.880. The fourth-order valence-corrected chi connectivity index (χ4v) is 2.52. The van der Waals surface area contributed by atoms with Crippen molar-refractivity contribution in [1.29, 1.82) is 0 Å². The number of rotatable bonds is 6. The summed E-state index contributed by atoms with van der Waals surface area (Å²) in [5, 5.41) is 3.10. The molecule has 3 atom stereocenters. The first kappa shape index (κ1) is 15.4. The van der Waals surface area contributed by atoms with Crippen LogP contribution in [-0.2, 0) is 9.53 Å². The van der Waals surface area contributed by atoms with Gasteiger partial charge < -0.3 is 20.7 Å². The molecule has 0 bridgehead atoms. The number of nitrogens with two attached hydrogens (primary N) is 1. The normalized spacial score (nSPS) is 26.1. The molecule has 0 spiro atoms. The highest BCUT2D eigenvalue weighted by Gasteiger charge is 2.24. The van der Waals surface area contributed by atoms with Crippen LogP contribution in [0, 0.1) is 0 Å². The Kier molecular flexibility index (Phi) is 6.60. The Bertz CT molecular complexity index is 255. The van der Waals surface area contributed by atoms with Gasteiger partial charge in [0.25, 0.3) is 0 Å². The van der Waals surface area contributed by atoms with Crippen LogP contribution in [0.1, 0.15) is 32.1 Å². The number of carbonyl (C=O) groups excluding carboxylic acids is 1. The number of hydrogen-bond donors (Lipinski definition) is 2. The average Bonchev–Trinajstić information content (AvgIpc) is 2.36. The Morgan fingerprint density at radius 1 is 1.50 bits per heavy atom. The van der Waals surface area contributed by atoms with Crippen LogP contribution in [0.2, 0.25) is 0 Å². The molecular formula is C13H27N3O2. The van der Waals surface area contributed by atoms with Crippen LogP contribution in [0.15, 0.2) is 0 Å². The zero-order valence-electron chi connectivity index (χ0n) is 11.8. The molecule has 0 aromatic heterocycles. The smallest absolute Gasteiger partial charge is 0.222 e. The van der Waals surface area contributed by atoms with Gasteiger partial charge in [0.05, 0.1) is 12.5 Å². The molecule has 1 rings (SSSR count). The van der Waals surface area contributed by atoms with E-state index in [1.165, 1.54) is 12.8 Å². The molecule has 1 aliphatic rings. The summed E-state index contributed by atoms with van der Waals surface area (Å²) in [5.41, 5.74) is 5.51. The molecule has 18 heavy (non-hydrogen) atoms. The molecule has 0 heterocycles. The lowest BCUT2D eigenvalue weighted by atomic mass is 9.90. The van der Waals surface area contributed by atoms with Crippen molar-refractivity contribution in [3.05, 3.63) is 0 Å². The van der Waals surface area contributed by atoms with E-state index in [2.05, 4.69) is 24.3 Å². The zero-order chi connectivity index (χ0) is 13.5. The molecule has 1 saturated carbocycles. The monoisotopic (exact) mass is 257 g/mol. The Labute approximate surface area is 110 Å². The molecule has 5 heteroatoms. The van der Waals surface area contributed by atoms with Crippen molar-refractivity contribution in [3.8, 4) is 0 Å². The highest BCUT2D eigenvalue weighted by atomic mass is 16.5. The zero-order valence-corrected chi connectivity index (χ0v) is 11.8. The van der Waals surface area contributed by atoms with Gasteiger partial charge in [-0.25, -0.2) is 0 Å². The van der Waals surface area contributed by atoms with E-state index < -0.39 is 0 Å². The number of amides is 1. The van der Waals surface area contributed by atoms with Crippen LogP contribution >= 0.6 is 0 Å². The van der Waals surface area contributed by atoms with Gasteiger partial charge in [0.15, 0.2) is 0 Å². The minimum Gasteiger partial charge on any atom is -0.380 e. The van der Waals surface area contributed by atoms with Gasteiger partial charge in [-0.05, 0) is 39.8 Å². The summed E-state index contributed by atoms with van der Waals surface area (Å²) < 4.78 is 5.12. The van der Waals surface area contributed by atoms with E-state index in [1.54, 1.807) is 7.11 Å². The molecule has 3 unspecified atom stereocenters. The van der Waals surface area contributed by atoms with Crippen LogP contribution in [-0.4, -0.2) is 56.7 Å². The topological polar surface area (TPSA) is 67.6 Å². The number of methoxy groups -OCH3 is 1. The second-order valence-electron chi connectivity index (χ2n) is 5.35. The SMILES string of the molecule is COC(CN)CC(=O)NC1CCCC(N(C)C)C1. The van der Waals surface area contributed by atoms with Crippen molar-refractivity contribution >= 4 is 5.91 Å². The summed E-state index contributed by atoms with van der Waals surface area (Å²) in [4.78, 5) is 14.1. The van der Waals surface area contributed by atoms with Crippen molar-refractivity contribution < 1.29 is 9.53 Å². The highest BCUT2D eigenvalue weighted by Crippen LogP contribution is 2.21. The largest absolute Gasteiger partial charge is 0.380 e. The lowest BCUT2D eigenvalue weighted by Crippen LogP contribution is -2.44. The molecule has 0 aliphatic heterocycles. The van der Waals surface area contributed by atoms with Crippen LogP contribution in [0.3, 0.4) is 0 Å². The summed E-state index contributed by atoms with van der Waals surface area (Å²) in [5.74, 6) is 0.0525. The predicted octanol–water partition coefficient (Wildman–Crippen LogP) is 0.339. The molecule has 0 aromatic rings. The van der Waals surface area contributed by atoms with Gasteiger partial charge in [0.1, 0.15) is 0 Å². The highest BCUT2D eigenvalue weighted by molar-refractivity contribution is 5.76. The summed E-state index contributed by atoms with van der Waals surface area (Å²) in [6.07, 6.45) is 4.71. The lowest BCUT2D eigenvalue weighted by molar-refractivity contribution is -0.124. The number of nitrogens with zero attached hydrogens (tertiary/aromatic N) is 1. The Hall–Kier alpha value is -0.650. The Balaban J connectivity index is 2.35. The van der Waals surface area contributed by atoms with Crippen molar-refractivity contribution in [2.24, 2.45) is 5.73 Å². The average molecular weight is 257 g/mol. The molecule has 0 saturated heterocycles. The maximum absolute atomic E-state index is 11.9. The van der Waals surface area contributed by atoms with E-state index in [4.69, 9.17) is 10.5 Å². The number of carbonyl (C=O) groups is 1. The van der Waals surface area contributed by atoms with E-state index in [9.17, 15) is 4.79 Å². The molecule has 1 amide bonds. The van der Waals surface area contributed by atoms with Crippen LogP contribution in [0.5, 0.6) is 0 Å². The summed E-state index contributed by atoms with van der Waals surface area (Å²) >= 11 is 0. The quantitative estimate of drug-likeness (QED) is 0.720. The van der Waals surface area contributed by atoms with Crippen molar-refractivity contribution in [2.75, 3.05) is 27.7 Å².